The fourth-order valence-corrected chi connectivity index (χ4v) is 3.56. The second-order valence-electron chi connectivity index (χ2n) is 7.06. The summed E-state index contributed by atoms with van der Waals surface area (Å²) in [5.41, 5.74) is 6.10. The molecule has 0 saturated carbocycles. The fourth-order valence-electron chi connectivity index (χ4n) is 3.56. The van der Waals surface area contributed by atoms with E-state index in [0.29, 0.717) is 35.5 Å². The predicted molar refractivity (Wildman–Crippen MR) is 90.1 cm³/mol. The zero-order valence-corrected chi connectivity index (χ0v) is 14.4. The first-order valence-corrected chi connectivity index (χ1v) is 7.96. The minimum Gasteiger partial charge on any atom is -0.496 e. The summed E-state index contributed by atoms with van der Waals surface area (Å²) in [6.45, 7) is 3.91. The van der Waals surface area contributed by atoms with E-state index < -0.39 is 10.8 Å². The van der Waals surface area contributed by atoms with E-state index in [1.807, 2.05) is 13.8 Å². The van der Waals surface area contributed by atoms with Crippen LogP contribution in [0.3, 0.4) is 0 Å². The summed E-state index contributed by atoms with van der Waals surface area (Å²) < 4.78 is 10.9. The van der Waals surface area contributed by atoms with Gasteiger partial charge in [0.25, 0.3) is 5.88 Å². The Bertz CT molecular complexity index is 823. The maximum atomic E-state index is 12.8. The molecule has 1 aliphatic carbocycles. The number of hydrogen-bond acceptors (Lipinski definition) is 6. The second-order valence-corrected chi connectivity index (χ2v) is 7.06. The number of benzene rings is 1. The standard InChI is InChI=1S/C18H20N2O5/c1-18(2)8-11(21)15-13(9-18)25-17(19)16(20(22)23)14(15)10-6-4-5-7-12(10)24-3/h4-7,14H,8-9,19H2,1-3H3/t14-/m0/s1. The van der Waals surface area contributed by atoms with Gasteiger partial charge in [-0.05, 0) is 11.5 Å². The number of para-hydroxylation sites is 1. The maximum absolute atomic E-state index is 12.8. The van der Waals surface area contributed by atoms with Crippen molar-refractivity contribution in [2.45, 2.75) is 32.6 Å². The van der Waals surface area contributed by atoms with E-state index in [1.54, 1.807) is 24.3 Å². The average Bonchev–Trinajstić information content (AvgIpc) is 2.51. The van der Waals surface area contributed by atoms with Gasteiger partial charge in [0, 0.05) is 18.4 Å². The third-order valence-electron chi connectivity index (χ3n) is 4.57. The van der Waals surface area contributed by atoms with Crippen LogP contribution in [0, 0.1) is 15.5 Å². The van der Waals surface area contributed by atoms with Crippen molar-refractivity contribution in [2.75, 3.05) is 7.11 Å². The third kappa shape index (κ3) is 2.86. The van der Waals surface area contributed by atoms with Gasteiger partial charge in [-0.25, -0.2) is 0 Å². The topological polar surface area (TPSA) is 105 Å². The molecule has 2 aliphatic rings. The Morgan fingerprint density at radius 2 is 2.00 bits per heavy atom. The molecule has 0 radical (unpaired) electrons. The maximum Gasteiger partial charge on any atom is 0.317 e. The van der Waals surface area contributed by atoms with Crippen molar-refractivity contribution < 1.29 is 19.2 Å². The number of ether oxygens (including phenoxy) is 2. The Morgan fingerprint density at radius 3 is 2.64 bits per heavy atom. The highest BCUT2D eigenvalue weighted by Gasteiger charge is 2.48. The molecule has 3 rings (SSSR count). The van der Waals surface area contributed by atoms with Gasteiger partial charge in [0.1, 0.15) is 17.4 Å². The fraction of sp³-hybridized carbons (Fsp3) is 0.389. The van der Waals surface area contributed by atoms with E-state index in [0.717, 1.165) is 0 Å². The summed E-state index contributed by atoms with van der Waals surface area (Å²) in [5.74, 6) is -0.455. The summed E-state index contributed by atoms with van der Waals surface area (Å²) in [6, 6.07) is 6.93. The van der Waals surface area contributed by atoms with E-state index in [2.05, 4.69) is 0 Å². The molecule has 0 fully saturated rings. The number of methoxy groups -OCH3 is 1. The Balaban J connectivity index is 2.25. The first-order chi connectivity index (χ1) is 11.7. The molecule has 0 bridgehead atoms. The van der Waals surface area contributed by atoms with E-state index in [-0.39, 0.29) is 22.8 Å². The lowest BCUT2D eigenvalue weighted by Crippen LogP contribution is -2.35. The molecule has 7 heteroatoms. The van der Waals surface area contributed by atoms with Gasteiger partial charge in [-0.2, -0.15) is 0 Å². The summed E-state index contributed by atoms with van der Waals surface area (Å²) in [5, 5.41) is 11.7. The van der Waals surface area contributed by atoms with Crippen molar-refractivity contribution in [2.24, 2.45) is 11.1 Å². The molecule has 0 saturated heterocycles. The molecule has 0 spiro atoms. The minimum absolute atomic E-state index is 0.158. The van der Waals surface area contributed by atoms with Crippen molar-refractivity contribution >= 4 is 5.78 Å². The van der Waals surface area contributed by atoms with Crippen LogP contribution < -0.4 is 10.5 Å². The van der Waals surface area contributed by atoms with E-state index >= 15 is 0 Å². The first kappa shape index (κ1) is 17.0. The lowest BCUT2D eigenvalue weighted by molar-refractivity contribution is -0.433. The van der Waals surface area contributed by atoms with Crippen molar-refractivity contribution in [1.29, 1.82) is 0 Å². The average molecular weight is 344 g/mol. The molecular formula is C18H20N2O5. The van der Waals surface area contributed by atoms with Crippen molar-refractivity contribution in [1.82, 2.24) is 0 Å². The number of rotatable bonds is 3. The molecule has 0 amide bonds. The largest absolute Gasteiger partial charge is 0.496 e. The molecule has 1 aliphatic heterocycles. The van der Waals surface area contributed by atoms with Gasteiger partial charge in [-0.3, -0.25) is 14.9 Å². The molecular weight excluding hydrogens is 324 g/mol. The number of nitro groups is 1. The summed E-state index contributed by atoms with van der Waals surface area (Å²) in [6.07, 6.45) is 0.789. The number of nitrogens with two attached hydrogens (primary N) is 1. The number of nitrogens with zero attached hydrogens (tertiary/aromatic N) is 1. The Morgan fingerprint density at radius 1 is 1.32 bits per heavy atom. The highest BCUT2D eigenvalue weighted by atomic mass is 16.6. The smallest absolute Gasteiger partial charge is 0.317 e. The Hall–Kier alpha value is -2.83. The molecule has 25 heavy (non-hydrogen) atoms. The number of hydrogen-bond donors (Lipinski definition) is 1. The van der Waals surface area contributed by atoms with Crippen molar-refractivity contribution in [3.05, 3.63) is 62.9 Å². The van der Waals surface area contributed by atoms with E-state index in [9.17, 15) is 14.9 Å². The van der Waals surface area contributed by atoms with Gasteiger partial charge in [-0.15, -0.1) is 0 Å². The number of carbonyl (C=O) groups is 1. The minimum atomic E-state index is -0.904. The molecule has 132 valence electrons. The quantitative estimate of drug-likeness (QED) is 0.668. The van der Waals surface area contributed by atoms with Crippen molar-refractivity contribution in [3.63, 3.8) is 0 Å². The summed E-state index contributed by atoms with van der Waals surface area (Å²) >= 11 is 0. The van der Waals surface area contributed by atoms with Crippen LogP contribution in [0.1, 0.15) is 38.2 Å². The van der Waals surface area contributed by atoms with Gasteiger partial charge in [0.2, 0.25) is 0 Å². The normalized spacial score (nSPS) is 22.4. The Labute approximate surface area is 145 Å². The highest BCUT2D eigenvalue weighted by Crippen LogP contribution is 2.49. The van der Waals surface area contributed by atoms with Crippen LogP contribution in [0.25, 0.3) is 0 Å². The van der Waals surface area contributed by atoms with Gasteiger partial charge < -0.3 is 15.2 Å². The van der Waals surface area contributed by atoms with E-state index in [4.69, 9.17) is 15.2 Å². The van der Waals surface area contributed by atoms with Gasteiger partial charge in [-0.1, -0.05) is 32.0 Å². The van der Waals surface area contributed by atoms with Gasteiger partial charge >= 0.3 is 5.70 Å². The Kier molecular flexibility index (Phi) is 4.02. The van der Waals surface area contributed by atoms with Gasteiger partial charge in [0.05, 0.1) is 17.6 Å². The molecule has 7 nitrogen and oxygen atoms in total. The lowest BCUT2D eigenvalue weighted by atomic mass is 9.71. The number of carbonyl (C=O) groups excluding carboxylic acids is 1. The SMILES string of the molecule is COc1ccccc1[C@H]1C2=C(CC(C)(C)CC2=O)OC(N)=C1[N+](=O)[O-]. The van der Waals surface area contributed by atoms with Crippen LogP contribution in [0.4, 0.5) is 0 Å². The van der Waals surface area contributed by atoms with Crippen molar-refractivity contribution in [3.8, 4) is 5.75 Å². The molecule has 0 aromatic heterocycles. The van der Waals surface area contributed by atoms with Crippen LogP contribution in [0.5, 0.6) is 5.75 Å². The molecule has 1 atom stereocenters. The summed E-state index contributed by atoms with van der Waals surface area (Å²) in [7, 11) is 1.48. The zero-order valence-electron chi connectivity index (χ0n) is 14.4. The lowest BCUT2D eigenvalue weighted by Gasteiger charge is -2.36. The monoisotopic (exact) mass is 344 g/mol. The molecule has 1 aromatic rings. The van der Waals surface area contributed by atoms with Gasteiger partial charge in [0.15, 0.2) is 5.78 Å². The third-order valence-corrected chi connectivity index (χ3v) is 4.57. The summed E-state index contributed by atoms with van der Waals surface area (Å²) in [4.78, 5) is 23.9. The highest BCUT2D eigenvalue weighted by molar-refractivity contribution is 5.99. The van der Waals surface area contributed by atoms with Crippen LogP contribution in [-0.4, -0.2) is 17.8 Å². The molecule has 2 N–H and O–H groups in total. The first-order valence-electron chi connectivity index (χ1n) is 7.96. The predicted octanol–water partition coefficient (Wildman–Crippen LogP) is 2.86. The molecule has 0 unspecified atom stereocenters. The van der Waals surface area contributed by atoms with Crippen LogP contribution in [0.15, 0.2) is 47.2 Å². The number of Topliss-reactive ketones (excluding diaryl/α,β-unsaturated/α-hetero) is 1. The van der Waals surface area contributed by atoms with E-state index in [1.165, 1.54) is 7.11 Å². The zero-order chi connectivity index (χ0) is 18.4. The van der Waals surface area contributed by atoms with Crippen LogP contribution in [-0.2, 0) is 9.53 Å². The number of allylic oxidation sites excluding steroid dienone is 2. The second kappa shape index (κ2) is 5.91. The number of ketones is 1. The molecule has 1 aromatic carbocycles. The van der Waals surface area contributed by atoms with Crippen LogP contribution in [0.2, 0.25) is 0 Å². The van der Waals surface area contributed by atoms with Crippen LogP contribution >= 0.6 is 0 Å². The molecule has 1 heterocycles.